The average Bonchev–Trinajstić information content (AvgIpc) is 2.69. The Labute approximate surface area is 103 Å². The van der Waals surface area contributed by atoms with Crippen LogP contribution in [0.5, 0.6) is 0 Å². The number of thioether (sulfide) groups is 1. The van der Waals surface area contributed by atoms with Crippen molar-refractivity contribution in [1.82, 2.24) is 0 Å². The summed E-state index contributed by atoms with van der Waals surface area (Å²) in [6.45, 7) is 4.36. The molecule has 0 aliphatic heterocycles. The Morgan fingerprint density at radius 3 is 2.25 bits per heavy atom. The molecule has 2 rings (SSSR count). The summed E-state index contributed by atoms with van der Waals surface area (Å²) in [6, 6.07) is 4.61. The fraction of sp³-hybridized carbons (Fsp3) is 0.571. The number of aryl methyl sites for hydroxylation is 2. The van der Waals surface area contributed by atoms with Gasteiger partial charge in [0.05, 0.1) is 0 Å². The number of benzene rings is 1. The second-order valence-corrected chi connectivity index (χ2v) is 5.85. The lowest BCUT2D eigenvalue weighted by atomic mass is 9.87. The highest BCUT2D eigenvalue weighted by molar-refractivity contribution is 7.98. The third-order valence-electron chi connectivity index (χ3n) is 3.85. The first-order valence-electron chi connectivity index (χ1n) is 6.01. The molecule has 0 unspecified atom stereocenters. The van der Waals surface area contributed by atoms with Crippen LogP contribution in [-0.4, -0.2) is 6.26 Å². The van der Waals surface area contributed by atoms with Crippen LogP contribution in [0.1, 0.15) is 42.4 Å². The van der Waals surface area contributed by atoms with E-state index in [0.29, 0.717) is 0 Å². The standard InChI is InChI=1S/C14H21NS/c1-10-8-12(13(16-3)9-11(10)2)14(15)6-4-5-7-14/h8-9H,4-7,15H2,1-3H3. The normalized spacial score (nSPS) is 19.0. The third-order valence-corrected chi connectivity index (χ3v) is 4.63. The molecule has 1 saturated carbocycles. The second-order valence-electron chi connectivity index (χ2n) is 5.00. The fourth-order valence-corrected chi connectivity index (χ4v) is 3.40. The monoisotopic (exact) mass is 235 g/mol. The summed E-state index contributed by atoms with van der Waals surface area (Å²) in [6.07, 6.45) is 6.98. The molecule has 0 spiro atoms. The number of rotatable bonds is 2. The van der Waals surface area contributed by atoms with Crippen molar-refractivity contribution in [2.75, 3.05) is 6.26 Å². The highest BCUT2D eigenvalue weighted by atomic mass is 32.2. The first-order valence-corrected chi connectivity index (χ1v) is 7.24. The van der Waals surface area contributed by atoms with Crippen LogP contribution in [0, 0.1) is 13.8 Å². The SMILES string of the molecule is CSc1cc(C)c(C)cc1C1(N)CCCC1. The predicted molar refractivity (Wildman–Crippen MR) is 72.0 cm³/mol. The Hall–Kier alpha value is -0.470. The number of nitrogens with two attached hydrogens (primary N) is 1. The van der Waals surface area contributed by atoms with E-state index in [1.807, 2.05) is 11.8 Å². The summed E-state index contributed by atoms with van der Waals surface area (Å²) in [7, 11) is 0. The van der Waals surface area contributed by atoms with Gasteiger partial charge in [-0.15, -0.1) is 11.8 Å². The molecule has 2 N–H and O–H groups in total. The summed E-state index contributed by atoms with van der Waals surface area (Å²) in [5.41, 5.74) is 10.6. The maximum Gasteiger partial charge on any atom is 0.0420 e. The Balaban J connectivity index is 2.50. The molecule has 1 aromatic carbocycles. The minimum Gasteiger partial charge on any atom is -0.321 e. The lowest BCUT2D eigenvalue weighted by Gasteiger charge is -2.27. The van der Waals surface area contributed by atoms with Crippen LogP contribution in [0.3, 0.4) is 0 Å². The van der Waals surface area contributed by atoms with Gasteiger partial charge in [-0.05, 0) is 55.7 Å². The summed E-state index contributed by atoms with van der Waals surface area (Å²) < 4.78 is 0. The van der Waals surface area contributed by atoms with Gasteiger partial charge in [0.15, 0.2) is 0 Å². The molecule has 0 atom stereocenters. The quantitative estimate of drug-likeness (QED) is 0.790. The lowest BCUT2D eigenvalue weighted by Crippen LogP contribution is -2.33. The van der Waals surface area contributed by atoms with E-state index < -0.39 is 0 Å². The molecule has 0 amide bonds. The van der Waals surface area contributed by atoms with Gasteiger partial charge < -0.3 is 5.73 Å². The van der Waals surface area contributed by atoms with Crippen LogP contribution in [0.15, 0.2) is 17.0 Å². The van der Waals surface area contributed by atoms with Crippen molar-refractivity contribution in [2.45, 2.75) is 50.0 Å². The maximum atomic E-state index is 6.56. The van der Waals surface area contributed by atoms with Crippen molar-refractivity contribution in [3.63, 3.8) is 0 Å². The van der Waals surface area contributed by atoms with Crippen molar-refractivity contribution in [3.05, 3.63) is 28.8 Å². The summed E-state index contributed by atoms with van der Waals surface area (Å²) >= 11 is 1.82. The van der Waals surface area contributed by atoms with Gasteiger partial charge in [0, 0.05) is 10.4 Å². The van der Waals surface area contributed by atoms with E-state index >= 15 is 0 Å². The van der Waals surface area contributed by atoms with Gasteiger partial charge in [0.2, 0.25) is 0 Å². The van der Waals surface area contributed by atoms with E-state index in [1.165, 1.54) is 34.4 Å². The zero-order chi connectivity index (χ0) is 11.8. The third kappa shape index (κ3) is 2.01. The van der Waals surface area contributed by atoms with E-state index in [-0.39, 0.29) is 5.54 Å². The highest BCUT2D eigenvalue weighted by Crippen LogP contribution is 2.41. The van der Waals surface area contributed by atoms with E-state index in [9.17, 15) is 0 Å². The molecule has 1 fully saturated rings. The zero-order valence-corrected chi connectivity index (χ0v) is 11.3. The molecule has 0 heterocycles. The van der Waals surface area contributed by atoms with Crippen molar-refractivity contribution in [2.24, 2.45) is 5.73 Å². The average molecular weight is 235 g/mol. The zero-order valence-electron chi connectivity index (χ0n) is 10.5. The van der Waals surface area contributed by atoms with E-state index in [1.54, 1.807) is 0 Å². The first kappa shape index (κ1) is 12.0. The molecule has 1 aromatic rings. The van der Waals surface area contributed by atoms with Crippen molar-refractivity contribution in [1.29, 1.82) is 0 Å². The Morgan fingerprint density at radius 1 is 1.12 bits per heavy atom. The van der Waals surface area contributed by atoms with E-state index in [4.69, 9.17) is 5.73 Å². The molecule has 0 radical (unpaired) electrons. The molecular formula is C14H21NS. The minimum atomic E-state index is -0.0587. The van der Waals surface area contributed by atoms with E-state index in [0.717, 1.165) is 12.8 Å². The van der Waals surface area contributed by atoms with Gasteiger partial charge in [-0.2, -0.15) is 0 Å². The molecule has 0 aromatic heterocycles. The molecule has 1 aliphatic carbocycles. The predicted octanol–water partition coefficient (Wildman–Crippen LogP) is 3.75. The van der Waals surface area contributed by atoms with Crippen LogP contribution in [-0.2, 0) is 5.54 Å². The van der Waals surface area contributed by atoms with Gasteiger partial charge in [-0.25, -0.2) is 0 Å². The first-order chi connectivity index (χ1) is 7.57. The lowest BCUT2D eigenvalue weighted by molar-refractivity contribution is 0.453. The highest BCUT2D eigenvalue weighted by Gasteiger charge is 2.33. The summed E-state index contributed by atoms with van der Waals surface area (Å²) in [4.78, 5) is 1.37. The summed E-state index contributed by atoms with van der Waals surface area (Å²) in [5.74, 6) is 0. The van der Waals surface area contributed by atoms with Gasteiger partial charge in [-0.3, -0.25) is 0 Å². The molecule has 0 saturated heterocycles. The van der Waals surface area contributed by atoms with Crippen molar-refractivity contribution >= 4 is 11.8 Å². The molecule has 1 aliphatic rings. The van der Waals surface area contributed by atoms with Crippen LogP contribution in [0.25, 0.3) is 0 Å². The molecular weight excluding hydrogens is 214 g/mol. The Morgan fingerprint density at radius 2 is 1.69 bits per heavy atom. The van der Waals surface area contributed by atoms with Crippen LogP contribution in [0.2, 0.25) is 0 Å². The maximum absolute atomic E-state index is 6.56. The minimum absolute atomic E-state index is 0.0587. The van der Waals surface area contributed by atoms with E-state index in [2.05, 4.69) is 32.2 Å². The van der Waals surface area contributed by atoms with Crippen molar-refractivity contribution < 1.29 is 0 Å². The van der Waals surface area contributed by atoms with Gasteiger partial charge in [0.25, 0.3) is 0 Å². The van der Waals surface area contributed by atoms with Gasteiger partial charge in [-0.1, -0.05) is 18.9 Å². The smallest absolute Gasteiger partial charge is 0.0420 e. The number of hydrogen-bond donors (Lipinski definition) is 1. The van der Waals surface area contributed by atoms with Crippen LogP contribution < -0.4 is 5.73 Å². The Kier molecular flexibility index (Phi) is 3.32. The van der Waals surface area contributed by atoms with Gasteiger partial charge in [0.1, 0.15) is 0 Å². The number of hydrogen-bond acceptors (Lipinski definition) is 2. The Bertz CT molecular complexity index is 392. The molecule has 1 nitrogen and oxygen atoms in total. The van der Waals surface area contributed by atoms with Gasteiger partial charge >= 0.3 is 0 Å². The molecule has 0 bridgehead atoms. The van der Waals surface area contributed by atoms with Crippen LogP contribution >= 0.6 is 11.8 Å². The molecule has 2 heteroatoms. The molecule has 16 heavy (non-hydrogen) atoms. The summed E-state index contributed by atoms with van der Waals surface area (Å²) in [5, 5.41) is 0. The van der Waals surface area contributed by atoms with Crippen LogP contribution in [0.4, 0.5) is 0 Å². The fourth-order valence-electron chi connectivity index (χ4n) is 2.62. The van der Waals surface area contributed by atoms with Crippen molar-refractivity contribution in [3.8, 4) is 0 Å². The second kappa shape index (κ2) is 4.42. The largest absolute Gasteiger partial charge is 0.321 e. The molecule has 88 valence electrons. The topological polar surface area (TPSA) is 26.0 Å².